The predicted octanol–water partition coefficient (Wildman–Crippen LogP) is 8.82. The van der Waals surface area contributed by atoms with Gasteiger partial charge >= 0.3 is 5.97 Å². The van der Waals surface area contributed by atoms with Crippen molar-refractivity contribution in [2.45, 2.75) is 161 Å². The molecule has 0 saturated heterocycles. The zero-order valence-electron chi connectivity index (χ0n) is 54.1. The van der Waals surface area contributed by atoms with Crippen LogP contribution >= 0.6 is 0 Å². The summed E-state index contributed by atoms with van der Waals surface area (Å²) in [5, 5.41) is 21.0. The summed E-state index contributed by atoms with van der Waals surface area (Å²) in [6, 6.07) is 26.2. The highest BCUT2D eigenvalue weighted by Gasteiger charge is 2.58. The van der Waals surface area contributed by atoms with Gasteiger partial charge in [-0.2, -0.15) is 0 Å². The number of Topliss-reactive ketones (excluding diaryl/α,β-unsaturated/α-hetero) is 1. The largest absolute Gasteiger partial charge is 0.481 e. The molecule has 0 radical (unpaired) electrons. The summed E-state index contributed by atoms with van der Waals surface area (Å²) in [5.74, 6) is 2.21. The van der Waals surface area contributed by atoms with Gasteiger partial charge in [0.15, 0.2) is 5.78 Å². The number of ether oxygens (including phenoxy) is 4. The van der Waals surface area contributed by atoms with Gasteiger partial charge in [0.05, 0.1) is 82.0 Å². The van der Waals surface area contributed by atoms with Gasteiger partial charge in [0.25, 0.3) is 0 Å². The fourth-order valence-electron chi connectivity index (χ4n) is 15.4. The van der Waals surface area contributed by atoms with Crippen LogP contribution in [0, 0.1) is 40.4 Å². The third-order valence-electron chi connectivity index (χ3n) is 20.5. The highest BCUT2D eigenvalue weighted by atomic mass is 16.6. The first kappa shape index (κ1) is 68.6. The molecule has 492 valence electrons. The Kier molecular flexibility index (Phi) is 23.0. The number of amides is 6. The maximum atomic E-state index is 14.8. The SMILES string of the molecule is C[C@H](CC(=O)[C@H](CCC(=O)O)NC(=O)CCOCCOCCOCCOCCNC(=O)CCC(=O)N1Cc2ccccc2C#Cc2ccccc21)C(=O)Nc1ccc2c(c1)[C@@]1(C)CCC[C@](C)(C(=O)NC(=O)[C@@]3(C)CCC[C@]4(C)c5cc(N)ccc5CC[C@@H]34)[C@@H]1CC2. The molecule has 4 aromatic rings. The molecule has 9 rings (SSSR count). The number of carboxylic acid groups (broad SMARTS) is 1. The highest BCUT2D eigenvalue weighted by Crippen LogP contribution is 2.60. The van der Waals surface area contributed by atoms with Gasteiger partial charge in [-0.15, -0.1) is 0 Å². The summed E-state index contributed by atoms with van der Waals surface area (Å²) in [7, 11) is 0. The van der Waals surface area contributed by atoms with Crippen LogP contribution in [-0.4, -0.2) is 118 Å². The third-order valence-corrected chi connectivity index (χ3v) is 20.5. The van der Waals surface area contributed by atoms with Gasteiger partial charge in [-0.05, 0) is 151 Å². The summed E-state index contributed by atoms with van der Waals surface area (Å²) in [6.45, 7) is 12.8. The maximum Gasteiger partial charge on any atom is 0.303 e. The van der Waals surface area contributed by atoms with Crippen molar-refractivity contribution < 1.29 is 62.4 Å². The van der Waals surface area contributed by atoms with E-state index < -0.39 is 51.8 Å². The van der Waals surface area contributed by atoms with Crippen molar-refractivity contribution in [1.29, 1.82) is 0 Å². The minimum absolute atomic E-state index is 0.0262. The lowest BCUT2D eigenvalue weighted by atomic mass is 9.49. The number of nitrogens with one attached hydrogen (secondary N) is 4. The molecule has 1 aliphatic heterocycles. The van der Waals surface area contributed by atoms with Crippen molar-refractivity contribution in [2.24, 2.45) is 28.6 Å². The number of ketones is 1. The van der Waals surface area contributed by atoms with Crippen molar-refractivity contribution in [3.63, 3.8) is 0 Å². The van der Waals surface area contributed by atoms with E-state index in [1.54, 1.807) is 11.8 Å². The molecule has 0 unspecified atom stereocenters. The molecule has 0 aromatic heterocycles. The zero-order chi connectivity index (χ0) is 65.6. The van der Waals surface area contributed by atoms with Gasteiger partial charge in [-0.3, -0.25) is 43.7 Å². The van der Waals surface area contributed by atoms with E-state index in [1.165, 1.54) is 11.1 Å². The molecule has 7 N–H and O–H groups in total. The van der Waals surface area contributed by atoms with E-state index in [1.807, 2.05) is 79.7 Å². The van der Waals surface area contributed by atoms with Gasteiger partial charge in [0.2, 0.25) is 35.4 Å². The number of para-hydroxylation sites is 1. The Balaban J connectivity index is 0.644. The van der Waals surface area contributed by atoms with Crippen LogP contribution in [0.4, 0.5) is 17.1 Å². The molecule has 19 heteroatoms. The number of anilines is 3. The number of aliphatic carboxylic acids is 1. The molecule has 92 heavy (non-hydrogen) atoms. The summed E-state index contributed by atoms with van der Waals surface area (Å²) in [4.78, 5) is 109. The topological polar surface area (TPSA) is 271 Å². The number of nitrogen functional groups attached to an aromatic ring is 1. The highest BCUT2D eigenvalue weighted by molar-refractivity contribution is 6.01. The monoisotopic (exact) mass is 1260 g/mol. The van der Waals surface area contributed by atoms with Crippen molar-refractivity contribution in [1.82, 2.24) is 16.0 Å². The van der Waals surface area contributed by atoms with Crippen molar-refractivity contribution >= 4 is 64.3 Å². The Hall–Kier alpha value is -7.76. The summed E-state index contributed by atoms with van der Waals surface area (Å²) in [6.07, 6.45) is 7.26. The molecule has 2 saturated carbocycles. The number of carbonyl (C=O) groups excluding carboxylic acids is 7. The van der Waals surface area contributed by atoms with Crippen LogP contribution in [0.15, 0.2) is 84.9 Å². The number of fused-ring (bicyclic) bond motifs is 8. The summed E-state index contributed by atoms with van der Waals surface area (Å²) < 4.78 is 22.3. The van der Waals surface area contributed by atoms with Gasteiger partial charge < -0.3 is 50.6 Å². The quantitative estimate of drug-likeness (QED) is 0.0128. The first-order chi connectivity index (χ1) is 44.1. The molecular weight excluding hydrogens is 1170 g/mol. The van der Waals surface area contributed by atoms with E-state index in [-0.39, 0.29) is 112 Å². The van der Waals surface area contributed by atoms with Crippen LogP contribution in [0.1, 0.15) is 163 Å². The van der Waals surface area contributed by atoms with E-state index in [0.717, 1.165) is 90.6 Å². The Morgan fingerprint density at radius 1 is 0.630 bits per heavy atom. The smallest absolute Gasteiger partial charge is 0.303 e. The third kappa shape index (κ3) is 16.2. The molecule has 4 aromatic carbocycles. The molecular formula is C73H92N6O13. The lowest BCUT2D eigenvalue weighted by Crippen LogP contribution is -2.60. The molecule has 19 nitrogen and oxygen atoms in total. The van der Waals surface area contributed by atoms with Crippen LogP contribution in [-0.2, 0) is 87.5 Å². The first-order valence-corrected chi connectivity index (χ1v) is 32.9. The molecule has 5 aliphatic rings. The van der Waals surface area contributed by atoms with E-state index in [2.05, 4.69) is 66.0 Å². The number of imide groups is 1. The molecule has 8 atom stereocenters. The summed E-state index contributed by atoms with van der Waals surface area (Å²) in [5.41, 5.74) is 13.4. The van der Waals surface area contributed by atoms with Crippen molar-refractivity contribution in [3.8, 4) is 11.8 Å². The van der Waals surface area contributed by atoms with Crippen LogP contribution in [0.25, 0.3) is 0 Å². The van der Waals surface area contributed by atoms with Gasteiger partial charge in [0, 0.05) is 67.1 Å². The van der Waals surface area contributed by atoms with Gasteiger partial charge in [-0.25, -0.2) is 0 Å². The lowest BCUT2D eigenvalue weighted by molar-refractivity contribution is -0.150. The van der Waals surface area contributed by atoms with Gasteiger partial charge in [0.1, 0.15) is 0 Å². The van der Waals surface area contributed by atoms with E-state index >= 15 is 0 Å². The minimum Gasteiger partial charge on any atom is -0.481 e. The van der Waals surface area contributed by atoms with Gasteiger partial charge in [-0.1, -0.05) is 102 Å². The second-order valence-corrected chi connectivity index (χ2v) is 26.7. The number of rotatable bonds is 29. The normalized spacial score (nSPS) is 23.2. The average Bonchev–Trinajstić information content (AvgIpc) is 0.729. The summed E-state index contributed by atoms with van der Waals surface area (Å²) >= 11 is 0. The number of carbonyl (C=O) groups is 8. The zero-order valence-corrected chi connectivity index (χ0v) is 54.1. The van der Waals surface area contributed by atoms with Crippen molar-refractivity contribution in [3.05, 3.63) is 124 Å². The number of nitrogens with two attached hydrogens (primary N) is 1. The van der Waals surface area contributed by atoms with Crippen LogP contribution < -0.4 is 31.9 Å². The number of aryl methyl sites for hydroxylation is 2. The second-order valence-electron chi connectivity index (χ2n) is 26.7. The molecule has 6 amide bonds. The number of carboxylic acids is 1. The molecule has 1 heterocycles. The second kappa shape index (κ2) is 30.8. The maximum absolute atomic E-state index is 14.8. The fraction of sp³-hybridized carbons (Fsp3) is 0.534. The Morgan fingerprint density at radius 3 is 1.84 bits per heavy atom. The lowest BCUT2D eigenvalue weighted by Gasteiger charge is -2.56. The Bertz CT molecular complexity index is 3450. The van der Waals surface area contributed by atoms with Crippen LogP contribution in [0.2, 0.25) is 0 Å². The average molecular weight is 1260 g/mol. The molecule has 0 bridgehead atoms. The number of hydrogen-bond acceptors (Lipinski definition) is 13. The van der Waals surface area contributed by atoms with E-state index in [9.17, 15) is 43.5 Å². The molecule has 0 spiro atoms. The molecule has 2 fully saturated rings. The fourth-order valence-corrected chi connectivity index (χ4v) is 15.4. The van der Waals surface area contributed by atoms with Crippen LogP contribution in [0.5, 0.6) is 0 Å². The van der Waals surface area contributed by atoms with Crippen LogP contribution in [0.3, 0.4) is 0 Å². The number of benzene rings is 4. The molecule has 4 aliphatic carbocycles. The number of hydrogen-bond donors (Lipinski definition) is 6. The number of nitrogens with zero attached hydrogens (tertiary/aromatic N) is 1. The van der Waals surface area contributed by atoms with E-state index in [0.29, 0.717) is 51.5 Å². The predicted molar refractivity (Wildman–Crippen MR) is 349 cm³/mol. The standard InChI is InChI=1S/C73H92N6O13/c1-48(67(86)76-55-23-19-51-21-26-62-71(3,57(51)46-55)32-11-34-73(62,5)69(88)78-68(87)72(4)33-10-31-70(2)56-45-54(74)22-18-50(56)20-25-61(70)72)44-60(80)58(24-29-66(84)85)77-64(82)30-36-89-38-40-91-42-43-92-41-39-90-37-35-75-63(81)27-28-65(83)79-47-53-14-7-6-12-49(53)16-17-52-13-8-9-15-59(52)79/h6-9,12-15,18-19,22-23,45-46,48,58,61-62H,10-11,20-21,24-44,47,74H2,1-5H3,(H,75,81)(H,76,86)(H,77,82)(H,84,85)(H,78,87,88)/t48-,58+,61-,62-,70-,71-,72+,73+/m1/s1. The van der Waals surface area contributed by atoms with Crippen molar-refractivity contribution in [2.75, 3.05) is 75.4 Å². The first-order valence-electron chi connectivity index (χ1n) is 32.9. The Labute approximate surface area is 540 Å². The Morgan fingerprint density at radius 2 is 1.20 bits per heavy atom. The van der Waals surface area contributed by atoms with E-state index in [4.69, 9.17) is 24.7 Å². The minimum atomic E-state index is -1.13.